The van der Waals surface area contributed by atoms with Crippen LogP contribution in [0.2, 0.25) is 0 Å². The minimum atomic E-state index is -0.256. The van der Waals surface area contributed by atoms with Crippen LogP contribution < -0.4 is 75.6 Å². The largest absolute Gasteiger partial charge is 1.00 e. The van der Waals surface area contributed by atoms with Crippen LogP contribution in [-0.2, 0) is 49.7 Å². The summed E-state index contributed by atoms with van der Waals surface area (Å²) < 4.78 is 42.7. The molecule has 4 aromatic rings. The summed E-state index contributed by atoms with van der Waals surface area (Å²) in [7, 11) is 5.32. The molecule has 18 rings (SSSR count). The van der Waals surface area contributed by atoms with Crippen molar-refractivity contribution in [1.29, 1.82) is 0 Å². The molecule has 0 aromatic heterocycles. The van der Waals surface area contributed by atoms with E-state index in [-0.39, 0.29) is 104 Å². The predicted octanol–water partition coefficient (Wildman–Crippen LogP) is 9.04. The second kappa shape index (κ2) is 22.4. The maximum Gasteiger partial charge on any atom is 1.00 e. The van der Waals surface area contributed by atoms with E-state index in [0.29, 0.717) is 42.1 Å². The zero-order valence-electron chi connectivity index (χ0n) is 49.6. The average molecular weight is 1220 g/mol. The van der Waals surface area contributed by atoms with Gasteiger partial charge in [-0.15, -0.1) is 0 Å². The number of allylic oxidation sites excluding steroid dienone is 3. The Morgan fingerprint density at radius 2 is 1.07 bits per heavy atom. The van der Waals surface area contributed by atoms with Gasteiger partial charge >= 0.3 is 57.5 Å². The molecule has 5 fully saturated rings. The zero-order chi connectivity index (χ0) is 55.1. The standard InChI is InChI=1S/C25H25NO4.C22H27NO2.C18H21NO2.C4H7Br.K.H2O/c1-15-8-9-16-14-19-18-10-11-20(28-2)23-25(18,21(16)22(15)30-23)12-13-26(19)24(27)29-17-6-4-3-5-7-17;1-13-3-6-15-11-17-16-7-8-18(24-2)21-22(16,19(15)20(13)25-21)9-10-23(17)12-14-4-5-14;1-10-3-4-11-9-13-12-5-6-14(20-2)17-18(12,7-8-19-13)15(11)16(10)21-17;5-3-4-1-2-4;;/h3-9,11,18-19,23H,10,12-14H2,1-2H3;3,6,8,14,16-17,21H,4-5,7,9-12H2,1-2H3;3-4,6,12-13,17,19H,5,7-9H2,1-2H3;4H,1-3H2;;1H2/q;;;;+1;/p-1/t18-,19?,23-,25-;16-,17?,21-,22-;12-,13?,17-,18-;;;/m111.../s1. The Kier molecular flexibility index (Phi) is 15.7. The van der Waals surface area contributed by atoms with Gasteiger partial charge in [-0.25, -0.2) is 4.79 Å². The van der Waals surface area contributed by atoms with Gasteiger partial charge in [0, 0.05) is 64.1 Å². The second-order valence-corrected chi connectivity index (χ2v) is 26.9. The van der Waals surface area contributed by atoms with Crippen LogP contribution in [0, 0.1) is 50.4 Å². The third kappa shape index (κ3) is 8.94. The van der Waals surface area contributed by atoms with Gasteiger partial charge in [0.05, 0.1) is 26.7 Å². The summed E-state index contributed by atoms with van der Waals surface area (Å²) in [5, 5.41) is 4.98. The molecular weight excluding hydrogens is 1130 g/mol. The first-order chi connectivity index (χ1) is 39.5. The van der Waals surface area contributed by atoms with E-state index in [1.165, 1.54) is 102 Å². The summed E-state index contributed by atoms with van der Waals surface area (Å²) in [4.78, 5) is 17.9. The number of para-hydroxylation sites is 1. The normalized spacial score (nSPS) is 33.5. The quantitative estimate of drug-likeness (QED) is 0.141. The van der Waals surface area contributed by atoms with Crippen LogP contribution in [-0.4, -0.2) is 111 Å². The number of hydrogen-bond donors (Lipinski definition) is 1. The monoisotopic (exact) mass is 1210 g/mol. The topological polar surface area (TPSA) is 130 Å². The third-order valence-electron chi connectivity index (χ3n) is 22.4. The first-order valence-electron chi connectivity index (χ1n) is 30.7. The van der Waals surface area contributed by atoms with Gasteiger partial charge in [0.15, 0.2) is 18.3 Å². The van der Waals surface area contributed by atoms with Crippen molar-refractivity contribution >= 4 is 22.0 Å². The van der Waals surface area contributed by atoms with Gasteiger partial charge in [-0.05, 0) is 211 Å². The van der Waals surface area contributed by atoms with Crippen LogP contribution in [0.3, 0.4) is 0 Å². The number of benzene rings is 4. The fraction of sp³-hybridized carbons (Fsp3) is 0.551. The van der Waals surface area contributed by atoms with Crippen LogP contribution in [0.5, 0.6) is 23.0 Å². The van der Waals surface area contributed by atoms with Crippen molar-refractivity contribution in [2.75, 3.05) is 52.8 Å². The molecule has 83 heavy (non-hydrogen) atoms. The number of methoxy groups -OCH3 is 3. The fourth-order valence-corrected chi connectivity index (χ4v) is 19.0. The average Bonchev–Trinajstić information content (AvgIpc) is 3.19. The minimum Gasteiger partial charge on any atom is -0.870 e. The molecule has 14 aliphatic rings. The molecule has 6 bridgehead atoms. The molecule has 3 spiro atoms. The van der Waals surface area contributed by atoms with Gasteiger partial charge in [-0.1, -0.05) is 70.5 Å². The summed E-state index contributed by atoms with van der Waals surface area (Å²) in [5.74, 6) is 10.6. The van der Waals surface area contributed by atoms with Crippen molar-refractivity contribution in [3.05, 3.63) is 152 Å². The predicted molar refractivity (Wildman–Crippen MR) is 318 cm³/mol. The van der Waals surface area contributed by atoms with Crippen molar-refractivity contribution in [3.8, 4) is 23.0 Å². The maximum atomic E-state index is 13.2. The zero-order valence-corrected chi connectivity index (χ0v) is 54.4. The van der Waals surface area contributed by atoms with Crippen molar-refractivity contribution < 1.29 is 94.8 Å². The molecule has 2 saturated carbocycles. The molecule has 1 amide bonds. The molecule has 14 heteroatoms. The number of carbonyl (C=O) groups is 1. The van der Waals surface area contributed by atoms with Gasteiger partial charge in [0.2, 0.25) is 0 Å². The van der Waals surface area contributed by atoms with Crippen LogP contribution in [0.15, 0.2) is 102 Å². The SMILES string of the molecule is BrCC1CC1.COC1=CC[C@@H]2C3Cc4ccc(C)c5c4[C@]2(CCN3)[C@@H]1O5.COC1=CC[C@@H]2C3Cc4ccc(C)c5c4[C@]2(CCN3C(=O)Oc2ccccc2)[C@@H]1O5.COC1=CC[C@@H]2C3Cc4ccc(C)c5c4[C@]2(CCN3CC2CC2)[C@@H]1O5.[K+].[OH-]. The number of likely N-dealkylation sites (tertiary alicyclic amines) is 2. The summed E-state index contributed by atoms with van der Waals surface area (Å²) in [6.07, 6.45) is 21.9. The Morgan fingerprint density at radius 1 is 0.602 bits per heavy atom. The molecule has 4 aromatic carbocycles. The molecular formula is C69H81BrKN3O9. The van der Waals surface area contributed by atoms with Gasteiger partial charge in [-0.2, -0.15) is 0 Å². The number of rotatable bonds is 7. The summed E-state index contributed by atoms with van der Waals surface area (Å²) >= 11 is 3.38. The van der Waals surface area contributed by atoms with Crippen molar-refractivity contribution in [2.45, 2.75) is 157 Å². The Hall–Kier alpha value is -3.83. The number of ether oxygens (including phenoxy) is 7. The number of aryl methyl sites for hydroxylation is 3. The molecule has 6 heterocycles. The van der Waals surface area contributed by atoms with E-state index in [0.717, 1.165) is 92.1 Å². The van der Waals surface area contributed by atoms with E-state index >= 15 is 0 Å². The number of halogens is 1. The van der Waals surface area contributed by atoms with Crippen LogP contribution in [0.4, 0.5) is 4.79 Å². The number of nitrogens with one attached hydrogen (secondary N) is 1. The molecule has 2 N–H and O–H groups in total. The Bertz CT molecular complexity index is 3290. The van der Waals surface area contributed by atoms with Gasteiger partial charge in [0.1, 0.15) is 40.3 Å². The van der Waals surface area contributed by atoms with E-state index in [1.807, 2.05) is 42.3 Å². The molecule has 12 atom stereocenters. The summed E-state index contributed by atoms with van der Waals surface area (Å²) in [5.41, 5.74) is 12.7. The maximum absolute atomic E-state index is 13.2. The number of amides is 1. The first-order valence-corrected chi connectivity index (χ1v) is 31.8. The molecule has 3 unspecified atom stereocenters. The number of nitrogens with zero attached hydrogens (tertiary/aromatic N) is 2. The van der Waals surface area contributed by atoms with E-state index in [2.05, 4.69) is 102 Å². The van der Waals surface area contributed by atoms with Gasteiger partial charge in [-0.3, -0.25) is 4.90 Å². The Balaban J connectivity index is 0.000000112. The Morgan fingerprint density at radius 3 is 1.57 bits per heavy atom. The van der Waals surface area contributed by atoms with Gasteiger partial charge < -0.3 is 48.9 Å². The summed E-state index contributed by atoms with van der Waals surface area (Å²) in [6.45, 7) is 10.8. The van der Waals surface area contributed by atoms with Crippen LogP contribution >= 0.6 is 15.9 Å². The number of piperidine rings is 3. The van der Waals surface area contributed by atoms with E-state index in [1.54, 1.807) is 25.3 Å². The van der Waals surface area contributed by atoms with E-state index in [4.69, 9.17) is 33.2 Å². The Labute approximate surface area is 541 Å². The molecule has 3 saturated heterocycles. The minimum absolute atomic E-state index is 0. The van der Waals surface area contributed by atoms with Crippen molar-refractivity contribution in [3.63, 3.8) is 0 Å². The van der Waals surface area contributed by atoms with Crippen molar-refractivity contribution in [2.24, 2.45) is 29.6 Å². The van der Waals surface area contributed by atoms with Crippen molar-refractivity contribution in [1.82, 2.24) is 15.1 Å². The van der Waals surface area contributed by atoms with Gasteiger partial charge in [0.25, 0.3) is 0 Å². The molecule has 434 valence electrons. The van der Waals surface area contributed by atoms with E-state index < -0.39 is 0 Å². The molecule has 0 radical (unpaired) electrons. The number of hydrogen-bond acceptors (Lipinski definition) is 11. The fourth-order valence-electron chi connectivity index (χ4n) is 18.4. The van der Waals surface area contributed by atoms with E-state index in [9.17, 15) is 4.79 Å². The summed E-state index contributed by atoms with van der Waals surface area (Å²) in [6, 6.07) is 24.2. The molecule has 6 aliphatic heterocycles. The van der Waals surface area contributed by atoms with Crippen LogP contribution in [0.25, 0.3) is 0 Å². The number of carbonyl (C=O) groups excluding carboxylic acids is 1. The molecule has 8 aliphatic carbocycles. The second-order valence-electron chi connectivity index (χ2n) is 26.3. The third-order valence-corrected chi connectivity index (χ3v) is 23.3. The van der Waals surface area contributed by atoms with Crippen LogP contribution in [0.1, 0.15) is 114 Å². The first kappa shape index (κ1) is 58.2. The number of alkyl halides is 1. The molecule has 12 nitrogen and oxygen atoms in total. The smallest absolute Gasteiger partial charge is 0.870 e.